The Hall–Kier alpha value is -1.01. The standard InChI is InChI=1S/C8H13NO2/c1-4-5-8(10)9-6-7(2)11-3/h7H,6H2,1-3H3,(H,9,10). The molecule has 3 heteroatoms. The monoisotopic (exact) mass is 155 g/mol. The maximum absolute atomic E-state index is 10.7. The van der Waals surface area contributed by atoms with Crippen LogP contribution in [0.1, 0.15) is 13.8 Å². The van der Waals surface area contributed by atoms with Gasteiger partial charge in [0, 0.05) is 13.7 Å². The van der Waals surface area contributed by atoms with Crippen LogP contribution in [0.3, 0.4) is 0 Å². The lowest BCUT2D eigenvalue weighted by Crippen LogP contribution is -2.30. The van der Waals surface area contributed by atoms with E-state index in [4.69, 9.17) is 4.74 Å². The molecule has 1 atom stereocenters. The van der Waals surface area contributed by atoms with Crippen LogP contribution >= 0.6 is 0 Å². The molecule has 0 fully saturated rings. The Morgan fingerprint density at radius 3 is 2.82 bits per heavy atom. The van der Waals surface area contributed by atoms with E-state index in [0.29, 0.717) is 6.54 Å². The largest absolute Gasteiger partial charge is 0.380 e. The number of methoxy groups -OCH3 is 1. The van der Waals surface area contributed by atoms with Crippen LogP contribution in [0.4, 0.5) is 0 Å². The average Bonchev–Trinajstić information content (AvgIpc) is 2.01. The van der Waals surface area contributed by atoms with Crippen LogP contribution < -0.4 is 5.32 Å². The predicted octanol–water partition coefficient (Wildman–Crippen LogP) is 0.161. The Kier molecular flexibility index (Phi) is 5.22. The summed E-state index contributed by atoms with van der Waals surface area (Å²) in [6, 6.07) is 0. The third kappa shape index (κ3) is 5.43. The van der Waals surface area contributed by atoms with Gasteiger partial charge in [-0.3, -0.25) is 4.79 Å². The van der Waals surface area contributed by atoms with Crippen LogP contribution in [-0.2, 0) is 9.53 Å². The highest BCUT2D eigenvalue weighted by Gasteiger charge is 1.99. The van der Waals surface area contributed by atoms with Gasteiger partial charge in [-0.25, -0.2) is 0 Å². The van der Waals surface area contributed by atoms with E-state index < -0.39 is 0 Å². The van der Waals surface area contributed by atoms with E-state index in [0.717, 1.165) is 0 Å². The van der Waals surface area contributed by atoms with Gasteiger partial charge in [0.05, 0.1) is 6.10 Å². The zero-order chi connectivity index (χ0) is 8.69. The van der Waals surface area contributed by atoms with Crippen LogP contribution in [0, 0.1) is 11.8 Å². The van der Waals surface area contributed by atoms with Gasteiger partial charge in [0.25, 0.3) is 5.91 Å². The van der Waals surface area contributed by atoms with Crippen LogP contribution in [0.15, 0.2) is 0 Å². The van der Waals surface area contributed by atoms with E-state index in [1.807, 2.05) is 6.92 Å². The van der Waals surface area contributed by atoms with Crippen molar-refractivity contribution in [1.29, 1.82) is 0 Å². The fourth-order valence-corrected chi connectivity index (χ4v) is 0.477. The molecule has 0 rings (SSSR count). The number of ether oxygens (including phenoxy) is 1. The van der Waals surface area contributed by atoms with Gasteiger partial charge in [-0.1, -0.05) is 5.92 Å². The molecule has 0 saturated carbocycles. The highest BCUT2D eigenvalue weighted by atomic mass is 16.5. The minimum Gasteiger partial charge on any atom is -0.380 e. The molecule has 0 aliphatic heterocycles. The first-order valence-corrected chi connectivity index (χ1v) is 3.44. The SMILES string of the molecule is CC#CC(=O)NCC(C)OC. The van der Waals surface area contributed by atoms with Gasteiger partial charge in [-0.15, -0.1) is 0 Å². The van der Waals surface area contributed by atoms with Crippen molar-refractivity contribution >= 4 is 5.91 Å². The van der Waals surface area contributed by atoms with Crippen molar-refractivity contribution in [2.24, 2.45) is 0 Å². The van der Waals surface area contributed by atoms with Crippen molar-refractivity contribution in [2.45, 2.75) is 20.0 Å². The molecule has 0 aliphatic rings. The summed E-state index contributed by atoms with van der Waals surface area (Å²) in [4.78, 5) is 10.7. The molecule has 0 aromatic heterocycles. The van der Waals surface area contributed by atoms with Crippen LogP contribution in [0.5, 0.6) is 0 Å². The smallest absolute Gasteiger partial charge is 0.295 e. The van der Waals surface area contributed by atoms with Crippen LogP contribution in [0.25, 0.3) is 0 Å². The van der Waals surface area contributed by atoms with Gasteiger partial charge < -0.3 is 10.1 Å². The summed E-state index contributed by atoms with van der Waals surface area (Å²) in [7, 11) is 1.60. The molecule has 3 nitrogen and oxygen atoms in total. The Balaban J connectivity index is 3.51. The number of hydrogen-bond acceptors (Lipinski definition) is 2. The molecule has 11 heavy (non-hydrogen) atoms. The van der Waals surface area contributed by atoms with Gasteiger partial charge in [-0.2, -0.15) is 0 Å². The summed E-state index contributed by atoms with van der Waals surface area (Å²) in [5.41, 5.74) is 0. The van der Waals surface area contributed by atoms with E-state index in [9.17, 15) is 4.79 Å². The molecule has 0 aromatic rings. The lowest BCUT2D eigenvalue weighted by Gasteiger charge is -2.07. The lowest BCUT2D eigenvalue weighted by atomic mass is 10.4. The highest BCUT2D eigenvalue weighted by Crippen LogP contribution is 1.82. The zero-order valence-corrected chi connectivity index (χ0v) is 7.10. The minimum absolute atomic E-state index is 0.0395. The van der Waals surface area contributed by atoms with Gasteiger partial charge >= 0.3 is 0 Å². The molecule has 0 aromatic carbocycles. The Bertz CT molecular complexity index is 178. The third-order valence-corrected chi connectivity index (χ3v) is 1.19. The van der Waals surface area contributed by atoms with Crippen molar-refractivity contribution in [2.75, 3.05) is 13.7 Å². The number of hydrogen-bond donors (Lipinski definition) is 1. The molecule has 0 saturated heterocycles. The Labute approximate surface area is 67.1 Å². The van der Waals surface area contributed by atoms with Crippen molar-refractivity contribution in [3.63, 3.8) is 0 Å². The quantitative estimate of drug-likeness (QED) is 0.590. The molecular formula is C8H13NO2. The van der Waals surface area contributed by atoms with Gasteiger partial charge in [-0.05, 0) is 19.8 Å². The number of nitrogens with one attached hydrogen (secondary N) is 1. The van der Waals surface area contributed by atoms with Gasteiger partial charge in [0.15, 0.2) is 0 Å². The summed E-state index contributed by atoms with van der Waals surface area (Å²) in [6.45, 7) is 4.00. The first-order valence-electron chi connectivity index (χ1n) is 3.44. The molecule has 1 N–H and O–H groups in total. The van der Waals surface area contributed by atoms with E-state index in [1.165, 1.54) is 0 Å². The fourth-order valence-electron chi connectivity index (χ4n) is 0.477. The minimum atomic E-state index is -0.253. The van der Waals surface area contributed by atoms with Crippen molar-refractivity contribution in [1.82, 2.24) is 5.32 Å². The fraction of sp³-hybridized carbons (Fsp3) is 0.625. The molecule has 0 spiro atoms. The maximum Gasteiger partial charge on any atom is 0.295 e. The van der Waals surface area contributed by atoms with E-state index >= 15 is 0 Å². The molecule has 0 heterocycles. The average molecular weight is 155 g/mol. The van der Waals surface area contributed by atoms with Crippen molar-refractivity contribution < 1.29 is 9.53 Å². The number of carbonyl (C=O) groups excluding carboxylic acids is 1. The summed E-state index contributed by atoms with van der Waals surface area (Å²) in [5.74, 6) is 4.62. The van der Waals surface area contributed by atoms with E-state index in [-0.39, 0.29) is 12.0 Å². The van der Waals surface area contributed by atoms with Gasteiger partial charge in [0.1, 0.15) is 0 Å². The molecule has 0 aliphatic carbocycles. The first-order chi connectivity index (χ1) is 5.20. The molecular weight excluding hydrogens is 142 g/mol. The number of carbonyl (C=O) groups is 1. The van der Waals surface area contributed by atoms with E-state index in [1.54, 1.807) is 14.0 Å². The second kappa shape index (κ2) is 5.75. The topological polar surface area (TPSA) is 38.3 Å². The maximum atomic E-state index is 10.7. The first kappa shape index (κ1) is 9.99. The van der Waals surface area contributed by atoms with Crippen LogP contribution in [-0.4, -0.2) is 25.7 Å². The predicted molar refractivity (Wildman–Crippen MR) is 42.9 cm³/mol. The molecule has 0 radical (unpaired) electrons. The second-order valence-electron chi connectivity index (χ2n) is 2.13. The summed E-state index contributed by atoms with van der Waals surface area (Å²) in [5, 5.41) is 2.60. The van der Waals surface area contributed by atoms with Crippen molar-refractivity contribution in [3.05, 3.63) is 0 Å². The summed E-state index contributed by atoms with van der Waals surface area (Å²) < 4.78 is 4.92. The van der Waals surface area contributed by atoms with E-state index in [2.05, 4.69) is 17.2 Å². The Morgan fingerprint density at radius 2 is 2.36 bits per heavy atom. The normalized spacial score (nSPS) is 11.2. The third-order valence-electron chi connectivity index (χ3n) is 1.19. The van der Waals surface area contributed by atoms with Crippen LogP contribution in [0.2, 0.25) is 0 Å². The molecule has 62 valence electrons. The second-order valence-corrected chi connectivity index (χ2v) is 2.13. The Morgan fingerprint density at radius 1 is 1.73 bits per heavy atom. The highest BCUT2D eigenvalue weighted by molar-refractivity contribution is 5.93. The van der Waals surface area contributed by atoms with Crippen molar-refractivity contribution in [3.8, 4) is 11.8 Å². The summed E-state index contributed by atoms with van der Waals surface area (Å²) in [6.07, 6.45) is 0.0395. The summed E-state index contributed by atoms with van der Waals surface area (Å²) >= 11 is 0. The molecule has 0 bridgehead atoms. The number of amides is 1. The number of rotatable bonds is 3. The molecule has 1 unspecified atom stereocenters. The van der Waals surface area contributed by atoms with Gasteiger partial charge in [0.2, 0.25) is 0 Å². The lowest BCUT2D eigenvalue weighted by molar-refractivity contribution is -0.116. The zero-order valence-electron chi connectivity index (χ0n) is 7.10. The molecule has 1 amide bonds.